The average molecular weight is 171 g/mol. The Kier molecular flexibility index (Phi) is 2.41. The van der Waals surface area contributed by atoms with Crippen molar-refractivity contribution in [1.29, 1.82) is 0 Å². The van der Waals surface area contributed by atoms with Gasteiger partial charge in [-0.3, -0.25) is 4.68 Å². The van der Waals surface area contributed by atoms with Gasteiger partial charge in [-0.2, -0.15) is 5.10 Å². The number of aryl methyl sites for hydroxylation is 2. The molecule has 0 atom stereocenters. The molecule has 0 N–H and O–H groups in total. The van der Waals surface area contributed by atoms with Gasteiger partial charge in [-0.15, -0.1) is 0 Å². The molecule has 65 valence electrons. The number of rotatable bonds is 3. The zero-order chi connectivity index (χ0) is 8.93. The summed E-state index contributed by atoms with van der Waals surface area (Å²) in [6.07, 6.45) is 5.78. The maximum absolute atomic E-state index is 4.09. The molecule has 1 radical (unpaired) electrons. The van der Waals surface area contributed by atoms with Crippen LogP contribution in [0.3, 0.4) is 0 Å². The van der Waals surface area contributed by atoms with Crippen molar-refractivity contribution < 1.29 is 0 Å². The first kappa shape index (κ1) is 8.05. The number of nitrogens with zero attached hydrogens (tertiary/aromatic N) is 2. The Morgan fingerprint density at radius 2 is 2.08 bits per heavy atom. The van der Waals surface area contributed by atoms with Gasteiger partial charge >= 0.3 is 0 Å². The highest BCUT2D eigenvalue weighted by atomic mass is 15.3. The van der Waals surface area contributed by atoms with E-state index in [1.807, 2.05) is 16.8 Å². The van der Waals surface area contributed by atoms with Crippen LogP contribution in [0.4, 0.5) is 0 Å². The molecule has 0 aliphatic heterocycles. The lowest BCUT2D eigenvalue weighted by Crippen LogP contribution is -2.01. The van der Waals surface area contributed by atoms with Gasteiger partial charge in [0.15, 0.2) is 0 Å². The largest absolute Gasteiger partial charge is 0.263 e. The fourth-order valence-electron chi connectivity index (χ4n) is 1.27. The molecule has 0 amide bonds. The lowest BCUT2D eigenvalue weighted by atomic mass is 10.2. The van der Waals surface area contributed by atoms with Gasteiger partial charge in [0.1, 0.15) is 0 Å². The molecule has 0 saturated carbocycles. The van der Waals surface area contributed by atoms with Crippen LogP contribution in [0.15, 0.2) is 42.6 Å². The highest BCUT2D eigenvalue weighted by Crippen LogP contribution is 2.00. The third-order valence-corrected chi connectivity index (χ3v) is 1.96. The first-order chi connectivity index (χ1) is 6.45. The molecule has 2 heteroatoms. The summed E-state index contributed by atoms with van der Waals surface area (Å²) in [6.45, 7) is 0.900. The summed E-state index contributed by atoms with van der Waals surface area (Å²) in [5, 5.41) is 4.09. The van der Waals surface area contributed by atoms with Gasteiger partial charge in [-0.05, 0) is 18.1 Å². The van der Waals surface area contributed by atoms with Crippen LogP contribution in [0.2, 0.25) is 0 Å². The molecular weight excluding hydrogens is 160 g/mol. The van der Waals surface area contributed by atoms with Crippen LogP contribution < -0.4 is 0 Å². The van der Waals surface area contributed by atoms with Crippen molar-refractivity contribution in [1.82, 2.24) is 9.78 Å². The molecule has 0 bridgehead atoms. The first-order valence-electron chi connectivity index (χ1n) is 4.38. The maximum Gasteiger partial charge on any atom is 0.0863 e. The van der Waals surface area contributed by atoms with E-state index in [-0.39, 0.29) is 0 Å². The van der Waals surface area contributed by atoms with E-state index in [9.17, 15) is 0 Å². The maximum atomic E-state index is 4.09. The summed E-state index contributed by atoms with van der Waals surface area (Å²) in [5.74, 6) is 0. The number of benzene rings is 1. The van der Waals surface area contributed by atoms with Crippen molar-refractivity contribution in [2.45, 2.75) is 13.0 Å². The molecule has 0 aliphatic rings. The number of hydrogen-bond donors (Lipinski definition) is 0. The smallest absolute Gasteiger partial charge is 0.0863 e. The Morgan fingerprint density at radius 1 is 1.23 bits per heavy atom. The van der Waals surface area contributed by atoms with Gasteiger partial charge in [0, 0.05) is 12.7 Å². The predicted octanol–water partition coefficient (Wildman–Crippen LogP) is 1.93. The van der Waals surface area contributed by atoms with E-state index in [1.54, 1.807) is 6.20 Å². The van der Waals surface area contributed by atoms with Crippen LogP contribution in [-0.4, -0.2) is 9.78 Å². The van der Waals surface area contributed by atoms with Crippen molar-refractivity contribution in [2.24, 2.45) is 0 Å². The van der Waals surface area contributed by atoms with E-state index in [1.165, 1.54) is 5.56 Å². The molecule has 0 unspecified atom stereocenters. The van der Waals surface area contributed by atoms with Crippen LogP contribution >= 0.6 is 0 Å². The standard InChI is InChI=1S/C11H11N2/c1-2-5-11(6-3-1)7-10-13-9-4-8-12-13/h1-6,8H,7,10H2. The normalized spacial score (nSPS) is 10.2. The van der Waals surface area contributed by atoms with Crippen LogP contribution in [0.5, 0.6) is 0 Å². The SMILES string of the molecule is [c]1ccnn1CCc1ccccc1. The zero-order valence-electron chi connectivity index (χ0n) is 7.35. The Labute approximate surface area is 77.8 Å². The van der Waals surface area contributed by atoms with E-state index in [4.69, 9.17) is 0 Å². The highest BCUT2D eigenvalue weighted by Gasteiger charge is 1.92. The third kappa shape index (κ3) is 2.18. The molecule has 2 nitrogen and oxygen atoms in total. The molecule has 13 heavy (non-hydrogen) atoms. The fraction of sp³-hybridized carbons (Fsp3) is 0.182. The minimum atomic E-state index is 0.900. The van der Waals surface area contributed by atoms with Gasteiger partial charge in [0.25, 0.3) is 0 Å². The van der Waals surface area contributed by atoms with Crippen LogP contribution in [0.1, 0.15) is 5.56 Å². The molecular formula is C11H11N2. The lowest BCUT2D eigenvalue weighted by molar-refractivity contribution is 0.611. The van der Waals surface area contributed by atoms with E-state index < -0.39 is 0 Å². The van der Waals surface area contributed by atoms with Crippen LogP contribution in [0, 0.1) is 6.20 Å². The molecule has 0 fully saturated rings. The van der Waals surface area contributed by atoms with Gasteiger partial charge in [-0.1, -0.05) is 30.3 Å². The topological polar surface area (TPSA) is 17.8 Å². The molecule has 0 aliphatic carbocycles. The molecule has 0 spiro atoms. The van der Waals surface area contributed by atoms with Crippen LogP contribution in [0.25, 0.3) is 0 Å². The molecule has 1 aromatic heterocycles. The van der Waals surface area contributed by atoms with E-state index in [2.05, 4.69) is 35.6 Å². The van der Waals surface area contributed by atoms with Gasteiger partial charge in [0.05, 0.1) is 6.20 Å². The van der Waals surface area contributed by atoms with E-state index in [0.29, 0.717) is 0 Å². The minimum absolute atomic E-state index is 0.900. The summed E-state index contributed by atoms with van der Waals surface area (Å²) in [7, 11) is 0. The molecule has 2 aromatic rings. The van der Waals surface area contributed by atoms with Gasteiger partial charge < -0.3 is 0 Å². The summed E-state index contributed by atoms with van der Waals surface area (Å²) in [5.41, 5.74) is 1.34. The summed E-state index contributed by atoms with van der Waals surface area (Å²) in [6, 6.07) is 12.2. The van der Waals surface area contributed by atoms with Crippen molar-refractivity contribution in [2.75, 3.05) is 0 Å². The lowest BCUT2D eigenvalue weighted by Gasteiger charge is -2.00. The number of hydrogen-bond acceptors (Lipinski definition) is 1. The zero-order valence-corrected chi connectivity index (χ0v) is 7.35. The minimum Gasteiger partial charge on any atom is -0.263 e. The van der Waals surface area contributed by atoms with Crippen molar-refractivity contribution in [3.05, 3.63) is 54.4 Å². The second kappa shape index (κ2) is 3.90. The molecule has 1 heterocycles. The van der Waals surface area contributed by atoms with Gasteiger partial charge in [-0.25, -0.2) is 0 Å². The Balaban J connectivity index is 1.94. The van der Waals surface area contributed by atoms with E-state index >= 15 is 0 Å². The average Bonchev–Trinajstić information content (AvgIpc) is 2.69. The first-order valence-corrected chi connectivity index (χ1v) is 4.38. The highest BCUT2D eigenvalue weighted by molar-refractivity contribution is 5.14. The summed E-state index contributed by atoms with van der Waals surface area (Å²) < 4.78 is 1.83. The fourth-order valence-corrected chi connectivity index (χ4v) is 1.27. The number of aromatic nitrogens is 2. The molecule has 1 aromatic carbocycles. The Morgan fingerprint density at radius 3 is 2.77 bits per heavy atom. The second-order valence-corrected chi connectivity index (χ2v) is 2.92. The second-order valence-electron chi connectivity index (χ2n) is 2.92. The predicted molar refractivity (Wildman–Crippen MR) is 51.2 cm³/mol. The summed E-state index contributed by atoms with van der Waals surface area (Å²) in [4.78, 5) is 0. The third-order valence-electron chi connectivity index (χ3n) is 1.96. The van der Waals surface area contributed by atoms with Gasteiger partial charge in [0.2, 0.25) is 0 Å². The quantitative estimate of drug-likeness (QED) is 0.690. The monoisotopic (exact) mass is 171 g/mol. The molecule has 2 rings (SSSR count). The van der Waals surface area contributed by atoms with Crippen LogP contribution in [-0.2, 0) is 13.0 Å². The Bertz CT molecular complexity index is 338. The van der Waals surface area contributed by atoms with E-state index in [0.717, 1.165) is 13.0 Å². The van der Waals surface area contributed by atoms with Crippen molar-refractivity contribution in [3.63, 3.8) is 0 Å². The van der Waals surface area contributed by atoms with Crippen molar-refractivity contribution in [3.8, 4) is 0 Å². The summed E-state index contributed by atoms with van der Waals surface area (Å²) >= 11 is 0. The molecule has 0 saturated heterocycles. The van der Waals surface area contributed by atoms with Crippen molar-refractivity contribution >= 4 is 0 Å². The Hall–Kier alpha value is -1.57.